The molecule has 0 aliphatic carbocycles. The summed E-state index contributed by atoms with van der Waals surface area (Å²) >= 11 is 0. The van der Waals surface area contributed by atoms with Crippen molar-refractivity contribution in [2.75, 3.05) is 0 Å². The predicted octanol–water partition coefficient (Wildman–Crippen LogP) is 0.383. The second-order valence-corrected chi connectivity index (χ2v) is 3.11. The minimum atomic E-state index is -0.0860. The average Bonchev–Trinajstić information content (AvgIpc) is 2.47. The zero-order valence-corrected chi connectivity index (χ0v) is 7.60. The molecule has 0 aliphatic heterocycles. The minimum Gasteiger partial charge on any atom is -0.323 e. The molecule has 0 unspecified atom stereocenters. The van der Waals surface area contributed by atoms with E-state index in [0.29, 0.717) is 0 Å². The van der Waals surface area contributed by atoms with Crippen LogP contribution in [-0.2, 0) is 7.05 Å². The van der Waals surface area contributed by atoms with Crippen LogP contribution in [0.1, 0.15) is 18.7 Å². The zero-order valence-electron chi connectivity index (χ0n) is 7.60. The van der Waals surface area contributed by atoms with Gasteiger partial charge in [0.05, 0.1) is 11.9 Å². The summed E-state index contributed by atoms with van der Waals surface area (Å²) in [6, 6.07) is 1.83. The van der Waals surface area contributed by atoms with Gasteiger partial charge in [-0.1, -0.05) is 0 Å². The van der Waals surface area contributed by atoms with Gasteiger partial charge in [0.15, 0.2) is 5.65 Å². The molecule has 2 aromatic rings. The van der Waals surface area contributed by atoms with Gasteiger partial charge in [-0.2, -0.15) is 10.2 Å². The van der Waals surface area contributed by atoms with Crippen LogP contribution in [0.2, 0.25) is 0 Å². The van der Waals surface area contributed by atoms with Crippen molar-refractivity contribution < 1.29 is 0 Å². The molecule has 68 valence electrons. The van der Waals surface area contributed by atoms with E-state index >= 15 is 0 Å². The molecule has 0 radical (unpaired) electrons. The van der Waals surface area contributed by atoms with Gasteiger partial charge in [-0.15, -0.1) is 5.10 Å². The molecule has 0 saturated carbocycles. The Hall–Kier alpha value is -1.49. The van der Waals surface area contributed by atoms with Crippen molar-refractivity contribution in [3.63, 3.8) is 0 Å². The van der Waals surface area contributed by atoms with Crippen molar-refractivity contribution in [2.45, 2.75) is 13.0 Å². The lowest BCUT2D eigenvalue weighted by Crippen LogP contribution is -2.08. The van der Waals surface area contributed by atoms with Gasteiger partial charge in [-0.25, -0.2) is 4.68 Å². The third-order valence-electron chi connectivity index (χ3n) is 1.96. The van der Waals surface area contributed by atoms with Gasteiger partial charge in [0.25, 0.3) is 0 Å². The summed E-state index contributed by atoms with van der Waals surface area (Å²) in [6.45, 7) is 1.88. The molecule has 13 heavy (non-hydrogen) atoms. The molecule has 5 nitrogen and oxygen atoms in total. The number of rotatable bonds is 1. The average molecular weight is 177 g/mol. The smallest absolute Gasteiger partial charge is 0.180 e. The van der Waals surface area contributed by atoms with E-state index in [0.717, 1.165) is 16.7 Å². The number of aromatic nitrogens is 4. The molecule has 0 aliphatic rings. The van der Waals surface area contributed by atoms with E-state index in [1.165, 1.54) is 0 Å². The summed E-state index contributed by atoms with van der Waals surface area (Å²) in [6.07, 6.45) is 1.76. The molecular formula is C8H11N5. The fourth-order valence-corrected chi connectivity index (χ4v) is 1.19. The standard InChI is InChI=1S/C8H11N5/c1-5(9)7-3-6-4-10-13(2)8(6)12-11-7/h3-5H,9H2,1-2H3/t5-/m1/s1. The van der Waals surface area contributed by atoms with Crippen molar-refractivity contribution in [3.8, 4) is 0 Å². The maximum absolute atomic E-state index is 5.68. The fraction of sp³-hybridized carbons (Fsp3) is 0.375. The van der Waals surface area contributed by atoms with E-state index in [4.69, 9.17) is 5.73 Å². The molecule has 0 saturated heterocycles. The summed E-state index contributed by atoms with van der Waals surface area (Å²) in [5, 5.41) is 13.1. The lowest BCUT2D eigenvalue weighted by Gasteiger charge is -2.02. The summed E-state index contributed by atoms with van der Waals surface area (Å²) in [7, 11) is 1.84. The Morgan fingerprint density at radius 2 is 2.23 bits per heavy atom. The van der Waals surface area contributed by atoms with Crippen molar-refractivity contribution in [1.82, 2.24) is 20.0 Å². The van der Waals surface area contributed by atoms with Gasteiger partial charge in [0.2, 0.25) is 0 Å². The Morgan fingerprint density at radius 1 is 1.46 bits per heavy atom. The molecular weight excluding hydrogens is 166 g/mol. The SMILES string of the molecule is C[C@@H](N)c1cc2cnn(C)c2nn1. The maximum atomic E-state index is 5.68. The van der Waals surface area contributed by atoms with E-state index < -0.39 is 0 Å². The molecule has 0 amide bonds. The van der Waals surface area contributed by atoms with E-state index in [1.807, 2.05) is 20.0 Å². The third-order valence-corrected chi connectivity index (χ3v) is 1.96. The highest BCUT2D eigenvalue weighted by Gasteiger charge is 2.06. The lowest BCUT2D eigenvalue weighted by atomic mass is 10.2. The number of nitrogens with zero attached hydrogens (tertiary/aromatic N) is 4. The van der Waals surface area contributed by atoms with Crippen molar-refractivity contribution in [1.29, 1.82) is 0 Å². The highest BCUT2D eigenvalue weighted by molar-refractivity contribution is 5.73. The second kappa shape index (κ2) is 2.77. The first-order valence-electron chi connectivity index (χ1n) is 4.09. The summed E-state index contributed by atoms with van der Waals surface area (Å²) in [4.78, 5) is 0. The van der Waals surface area contributed by atoms with Gasteiger partial charge in [0, 0.05) is 18.5 Å². The first-order chi connectivity index (χ1) is 6.18. The molecule has 0 spiro atoms. The molecule has 2 rings (SSSR count). The van der Waals surface area contributed by atoms with Crippen LogP contribution in [0.3, 0.4) is 0 Å². The van der Waals surface area contributed by atoms with Gasteiger partial charge < -0.3 is 5.73 Å². The first-order valence-corrected chi connectivity index (χ1v) is 4.09. The van der Waals surface area contributed by atoms with Crippen LogP contribution in [0.15, 0.2) is 12.3 Å². The number of aryl methyl sites for hydroxylation is 1. The second-order valence-electron chi connectivity index (χ2n) is 3.11. The molecule has 2 N–H and O–H groups in total. The number of nitrogens with two attached hydrogens (primary N) is 1. The summed E-state index contributed by atoms with van der Waals surface area (Å²) in [5.74, 6) is 0. The lowest BCUT2D eigenvalue weighted by molar-refractivity contribution is 0.741. The monoisotopic (exact) mass is 177 g/mol. The largest absolute Gasteiger partial charge is 0.323 e. The van der Waals surface area contributed by atoms with Crippen LogP contribution in [0, 0.1) is 0 Å². The molecule has 0 aromatic carbocycles. The third kappa shape index (κ3) is 1.27. The van der Waals surface area contributed by atoms with Crippen LogP contribution in [0.4, 0.5) is 0 Å². The predicted molar refractivity (Wildman–Crippen MR) is 48.9 cm³/mol. The van der Waals surface area contributed by atoms with Crippen LogP contribution in [0.5, 0.6) is 0 Å². The molecule has 1 atom stereocenters. The molecule has 0 fully saturated rings. The van der Waals surface area contributed by atoms with E-state index in [2.05, 4.69) is 15.3 Å². The Kier molecular flexibility index (Phi) is 1.73. The van der Waals surface area contributed by atoms with Crippen molar-refractivity contribution in [2.24, 2.45) is 12.8 Å². The maximum Gasteiger partial charge on any atom is 0.180 e. The number of hydrogen-bond donors (Lipinski definition) is 1. The van der Waals surface area contributed by atoms with Crippen LogP contribution in [0.25, 0.3) is 11.0 Å². The normalized spacial score (nSPS) is 13.5. The van der Waals surface area contributed by atoms with Crippen LogP contribution >= 0.6 is 0 Å². The summed E-state index contributed by atoms with van der Waals surface area (Å²) in [5.41, 5.74) is 7.26. The number of fused-ring (bicyclic) bond motifs is 1. The van der Waals surface area contributed by atoms with Gasteiger partial charge in [-0.3, -0.25) is 0 Å². The van der Waals surface area contributed by atoms with Gasteiger partial charge in [0.1, 0.15) is 0 Å². The molecule has 2 heterocycles. The van der Waals surface area contributed by atoms with Crippen molar-refractivity contribution in [3.05, 3.63) is 18.0 Å². The Labute approximate surface area is 75.6 Å². The molecule has 0 bridgehead atoms. The van der Waals surface area contributed by atoms with E-state index in [-0.39, 0.29) is 6.04 Å². The topological polar surface area (TPSA) is 69.6 Å². The fourth-order valence-electron chi connectivity index (χ4n) is 1.19. The highest BCUT2D eigenvalue weighted by atomic mass is 15.3. The summed E-state index contributed by atoms with van der Waals surface area (Å²) < 4.78 is 1.69. The minimum absolute atomic E-state index is 0.0860. The van der Waals surface area contributed by atoms with E-state index in [9.17, 15) is 0 Å². The van der Waals surface area contributed by atoms with Gasteiger partial charge in [-0.05, 0) is 13.0 Å². The van der Waals surface area contributed by atoms with Crippen LogP contribution in [-0.4, -0.2) is 20.0 Å². The molecule has 2 aromatic heterocycles. The van der Waals surface area contributed by atoms with Gasteiger partial charge >= 0.3 is 0 Å². The first kappa shape index (κ1) is 8.12. The van der Waals surface area contributed by atoms with Crippen molar-refractivity contribution >= 4 is 11.0 Å². The number of hydrogen-bond acceptors (Lipinski definition) is 4. The van der Waals surface area contributed by atoms with Crippen LogP contribution < -0.4 is 5.73 Å². The Bertz CT molecular complexity index is 431. The zero-order chi connectivity index (χ0) is 9.42. The highest BCUT2D eigenvalue weighted by Crippen LogP contribution is 2.12. The molecule has 5 heteroatoms. The Balaban J connectivity index is 2.63. The van der Waals surface area contributed by atoms with E-state index in [1.54, 1.807) is 10.9 Å². The Morgan fingerprint density at radius 3 is 2.92 bits per heavy atom. The quantitative estimate of drug-likeness (QED) is 0.683.